The summed E-state index contributed by atoms with van der Waals surface area (Å²) in [6.07, 6.45) is 0.506. The Labute approximate surface area is 166 Å². The lowest BCUT2D eigenvalue weighted by molar-refractivity contribution is -0.0455. The minimum absolute atomic E-state index is 0.0940. The second-order valence-electron chi connectivity index (χ2n) is 7.16. The third kappa shape index (κ3) is 5.39. The first-order valence-electron chi connectivity index (χ1n) is 9.34. The van der Waals surface area contributed by atoms with E-state index < -0.39 is 10.2 Å². The molecule has 1 aliphatic heterocycles. The molecule has 2 heterocycles. The molecule has 148 valence electrons. The fraction of sp³-hybridized carbons (Fsp3) is 0.500. The summed E-state index contributed by atoms with van der Waals surface area (Å²) in [7, 11) is -3.56. The number of thiophene rings is 1. The Bertz CT molecular complexity index is 826. The van der Waals surface area contributed by atoms with Gasteiger partial charge in [-0.15, -0.1) is 11.3 Å². The number of morpholine rings is 1. The summed E-state index contributed by atoms with van der Waals surface area (Å²) in [5, 5.41) is 0. The first kappa shape index (κ1) is 20.5. The van der Waals surface area contributed by atoms with Crippen molar-refractivity contribution in [2.24, 2.45) is 0 Å². The van der Waals surface area contributed by atoms with Gasteiger partial charge in [0.2, 0.25) is 0 Å². The molecule has 2 unspecified atom stereocenters. The smallest absolute Gasteiger partial charge is 0.282 e. The fourth-order valence-corrected chi connectivity index (χ4v) is 6.14. The van der Waals surface area contributed by atoms with Crippen LogP contribution in [0, 0.1) is 6.92 Å². The van der Waals surface area contributed by atoms with Crippen LogP contribution in [-0.2, 0) is 27.9 Å². The Morgan fingerprint density at radius 1 is 1.11 bits per heavy atom. The third-order valence-electron chi connectivity index (χ3n) is 4.66. The highest BCUT2D eigenvalue weighted by atomic mass is 32.2. The monoisotopic (exact) mass is 408 g/mol. The number of hydrogen-bond donors (Lipinski definition) is 0. The van der Waals surface area contributed by atoms with Crippen LogP contribution in [0.15, 0.2) is 42.5 Å². The molecule has 0 saturated carbocycles. The van der Waals surface area contributed by atoms with Crippen molar-refractivity contribution in [1.29, 1.82) is 0 Å². The SMILES string of the molecule is Cc1ccc(CN(CCc2ccccc2)S(=O)(=O)N2CC(C)OC(C)C2)s1. The summed E-state index contributed by atoms with van der Waals surface area (Å²) in [5.41, 5.74) is 1.14. The zero-order chi connectivity index (χ0) is 19.4. The molecule has 1 aromatic carbocycles. The summed E-state index contributed by atoms with van der Waals surface area (Å²) < 4.78 is 35.7. The van der Waals surface area contributed by atoms with Gasteiger partial charge in [0, 0.05) is 35.9 Å². The highest BCUT2D eigenvalue weighted by Crippen LogP contribution is 2.23. The van der Waals surface area contributed by atoms with E-state index >= 15 is 0 Å². The van der Waals surface area contributed by atoms with Gasteiger partial charge in [-0.05, 0) is 44.9 Å². The van der Waals surface area contributed by atoms with Crippen molar-refractivity contribution in [3.8, 4) is 0 Å². The first-order chi connectivity index (χ1) is 12.8. The van der Waals surface area contributed by atoms with E-state index in [0.717, 1.165) is 10.4 Å². The zero-order valence-corrected chi connectivity index (χ0v) is 17.8. The Kier molecular flexibility index (Phi) is 6.70. The molecule has 27 heavy (non-hydrogen) atoms. The van der Waals surface area contributed by atoms with Gasteiger partial charge < -0.3 is 4.74 Å². The molecule has 2 atom stereocenters. The summed E-state index contributed by atoms with van der Waals surface area (Å²) in [5.74, 6) is 0. The molecular weight excluding hydrogens is 380 g/mol. The number of hydrogen-bond acceptors (Lipinski definition) is 4. The number of ether oxygens (including phenoxy) is 1. The minimum Gasteiger partial charge on any atom is -0.373 e. The van der Waals surface area contributed by atoms with Gasteiger partial charge in [-0.25, -0.2) is 0 Å². The predicted octanol–water partition coefficient (Wildman–Crippen LogP) is 3.46. The van der Waals surface area contributed by atoms with Crippen LogP contribution in [0.4, 0.5) is 0 Å². The summed E-state index contributed by atoms with van der Waals surface area (Å²) >= 11 is 1.65. The largest absolute Gasteiger partial charge is 0.373 e. The van der Waals surface area contributed by atoms with E-state index in [2.05, 4.69) is 0 Å². The number of benzene rings is 1. The maximum atomic E-state index is 13.4. The van der Waals surface area contributed by atoms with Gasteiger partial charge >= 0.3 is 0 Å². The van der Waals surface area contributed by atoms with E-state index in [-0.39, 0.29) is 12.2 Å². The Morgan fingerprint density at radius 3 is 2.37 bits per heavy atom. The maximum absolute atomic E-state index is 13.4. The van der Waals surface area contributed by atoms with Crippen molar-refractivity contribution < 1.29 is 13.2 Å². The molecule has 1 saturated heterocycles. The normalized spacial score (nSPS) is 21.6. The van der Waals surface area contributed by atoms with Gasteiger partial charge in [0.05, 0.1) is 12.2 Å². The summed E-state index contributed by atoms with van der Waals surface area (Å²) in [6, 6.07) is 14.1. The molecule has 1 fully saturated rings. The number of aryl methyl sites for hydroxylation is 1. The summed E-state index contributed by atoms with van der Waals surface area (Å²) in [4.78, 5) is 2.26. The average Bonchev–Trinajstić information content (AvgIpc) is 3.03. The van der Waals surface area contributed by atoms with E-state index in [9.17, 15) is 8.42 Å². The number of nitrogens with zero attached hydrogens (tertiary/aromatic N) is 2. The van der Waals surface area contributed by atoms with E-state index in [0.29, 0.717) is 32.6 Å². The molecule has 0 aliphatic carbocycles. The topological polar surface area (TPSA) is 49.9 Å². The van der Waals surface area contributed by atoms with Gasteiger partial charge in [-0.3, -0.25) is 0 Å². The van der Waals surface area contributed by atoms with E-state index in [1.54, 1.807) is 19.9 Å². The van der Waals surface area contributed by atoms with Crippen LogP contribution in [0.25, 0.3) is 0 Å². The average molecular weight is 409 g/mol. The van der Waals surface area contributed by atoms with Crippen LogP contribution in [0.3, 0.4) is 0 Å². The number of rotatable bonds is 7. The first-order valence-corrected chi connectivity index (χ1v) is 11.6. The molecule has 5 nitrogen and oxygen atoms in total. The standard InChI is InChI=1S/C20H28N2O3S2/c1-16-13-22(14-17(2)25-16)27(23,24)21(15-20-10-9-18(3)26-20)12-11-19-7-5-4-6-8-19/h4-10,16-17H,11-15H2,1-3H3. The van der Waals surface area contributed by atoms with Crippen molar-refractivity contribution in [3.63, 3.8) is 0 Å². The van der Waals surface area contributed by atoms with Crippen LogP contribution >= 0.6 is 11.3 Å². The molecule has 0 spiro atoms. The van der Waals surface area contributed by atoms with Crippen LogP contribution in [0.1, 0.15) is 29.2 Å². The van der Waals surface area contributed by atoms with E-state index in [1.165, 1.54) is 4.88 Å². The minimum atomic E-state index is -3.56. The molecule has 0 N–H and O–H groups in total. The summed E-state index contributed by atoms with van der Waals surface area (Å²) in [6.45, 7) is 7.57. The molecule has 0 radical (unpaired) electrons. The van der Waals surface area contributed by atoms with Crippen LogP contribution in [0.2, 0.25) is 0 Å². The molecule has 1 aromatic heterocycles. The molecule has 1 aliphatic rings. The maximum Gasteiger partial charge on any atom is 0.282 e. The van der Waals surface area contributed by atoms with Gasteiger partial charge in [-0.2, -0.15) is 17.0 Å². The lowest BCUT2D eigenvalue weighted by Gasteiger charge is -2.37. The molecule has 2 aromatic rings. The van der Waals surface area contributed by atoms with Gasteiger partial charge in [-0.1, -0.05) is 30.3 Å². The molecule has 0 bridgehead atoms. The second-order valence-corrected chi connectivity index (χ2v) is 10.5. The quantitative estimate of drug-likeness (QED) is 0.705. The van der Waals surface area contributed by atoms with Crippen molar-refractivity contribution in [2.75, 3.05) is 19.6 Å². The van der Waals surface area contributed by atoms with Crippen molar-refractivity contribution in [2.45, 2.75) is 45.9 Å². The van der Waals surface area contributed by atoms with Crippen molar-refractivity contribution in [3.05, 3.63) is 57.8 Å². The molecule has 0 amide bonds. The second kappa shape index (κ2) is 8.84. The highest BCUT2D eigenvalue weighted by molar-refractivity contribution is 7.86. The van der Waals surface area contributed by atoms with Crippen LogP contribution < -0.4 is 0 Å². The van der Waals surface area contributed by atoms with Crippen molar-refractivity contribution >= 4 is 21.5 Å². The Morgan fingerprint density at radius 2 is 1.78 bits per heavy atom. The Hall–Kier alpha value is -1.25. The van der Waals surface area contributed by atoms with Crippen LogP contribution in [-0.4, -0.2) is 48.9 Å². The molecule has 7 heteroatoms. The predicted molar refractivity (Wildman–Crippen MR) is 110 cm³/mol. The van der Waals surface area contributed by atoms with Gasteiger partial charge in [0.25, 0.3) is 10.2 Å². The molecule has 3 rings (SSSR count). The third-order valence-corrected chi connectivity index (χ3v) is 7.56. The highest BCUT2D eigenvalue weighted by Gasteiger charge is 2.35. The molecular formula is C20H28N2O3S2. The lowest BCUT2D eigenvalue weighted by Crippen LogP contribution is -2.53. The van der Waals surface area contributed by atoms with Gasteiger partial charge in [0.1, 0.15) is 0 Å². The fourth-order valence-electron chi connectivity index (χ4n) is 3.40. The lowest BCUT2D eigenvalue weighted by atomic mass is 10.1. The van der Waals surface area contributed by atoms with Crippen LogP contribution in [0.5, 0.6) is 0 Å². The van der Waals surface area contributed by atoms with E-state index in [4.69, 9.17) is 4.74 Å². The van der Waals surface area contributed by atoms with E-state index in [1.807, 2.05) is 63.2 Å². The zero-order valence-electron chi connectivity index (χ0n) is 16.2. The van der Waals surface area contributed by atoms with Crippen molar-refractivity contribution in [1.82, 2.24) is 8.61 Å². The Balaban J connectivity index is 1.80. The van der Waals surface area contributed by atoms with Gasteiger partial charge in [0.15, 0.2) is 0 Å².